The van der Waals surface area contributed by atoms with Crippen LogP contribution in [0.15, 0.2) is 164 Å². The van der Waals surface area contributed by atoms with Crippen molar-refractivity contribution in [3.63, 3.8) is 0 Å². The molecule has 0 unspecified atom stereocenters. The molecule has 0 saturated heterocycles. The number of aromatic nitrogens is 1. The summed E-state index contributed by atoms with van der Waals surface area (Å²) in [7, 11) is 0. The van der Waals surface area contributed by atoms with Gasteiger partial charge in [0.2, 0.25) is 0 Å². The van der Waals surface area contributed by atoms with E-state index in [1.807, 2.05) is 12.3 Å². The summed E-state index contributed by atoms with van der Waals surface area (Å²) in [5.74, 6) is 0. The average Bonchev–Trinajstić information content (AvgIpc) is 3.07. The molecule has 0 N–H and O–H groups in total. The van der Waals surface area contributed by atoms with Gasteiger partial charge in [0.05, 0.1) is 5.69 Å². The first-order chi connectivity index (χ1) is 20.8. The summed E-state index contributed by atoms with van der Waals surface area (Å²) < 4.78 is 0. The highest BCUT2D eigenvalue weighted by molar-refractivity contribution is 6.21. The molecule has 7 aromatic carbocycles. The predicted octanol–water partition coefficient (Wildman–Crippen LogP) is 11.2. The molecule has 1 heteroatoms. The highest BCUT2D eigenvalue weighted by Crippen LogP contribution is 2.44. The van der Waals surface area contributed by atoms with E-state index in [0.29, 0.717) is 0 Å². The van der Waals surface area contributed by atoms with Crippen LogP contribution in [-0.2, 0) is 0 Å². The smallest absolute Gasteiger partial charge is 0.0708 e. The largest absolute Gasteiger partial charge is 0.256 e. The van der Waals surface area contributed by atoms with Crippen molar-refractivity contribution in [2.24, 2.45) is 0 Å². The molecule has 0 saturated carbocycles. The number of fused-ring (bicyclic) bond motifs is 3. The number of benzene rings is 7. The van der Waals surface area contributed by atoms with Crippen LogP contribution in [0.2, 0.25) is 0 Å². The molecule has 0 amide bonds. The molecule has 0 spiro atoms. The summed E-state index contributed by atoms with van der Waals surface area (Å²) in [5, 5.41) is 7.52. The molecule has 1 nitrogen and oxygen atoms in total. The van der Waals surface area contributed by atoms with E-state index in [2.05, 4.69) is 152 Å². The molecule has 8 aromatic rings. The Hall–Kier alpha value is -5.53. The number of nitrogens with zero attached hydrogens (tertiary/aromatic N) is 1. The highest BCUT2D eigenvalue weighted by Gasteiger charge is 2.16. The zero-order valence-corrected chi connectivity index (χ0v) is 23.0. The number of hydrogen-bond acceptors (Lipinski definition) is 1. The van der Waals surface area contributed by atoms with Crippen LogP contribution in [0.1, 0.15) is 0 Å². The van der Waals surface area contributed by atoms with Crippen molar-refractivity contribution in [2.75, 3.05) is 0 Å². The maximum Gasteiger partial charge on any atom is 0.0708 e. The quantitative estimate of drug-likeness (QED) is 0.205. The molecule has 1 heterocycles. The van der Waals surface area contributed by atoms with Crippen LogP contribution < -0.4 is 0 Å². The third-order valence-corrected chi connectivity index (χ3v) is 8.29. The first-order valence-corrected chi connectivity index (χ1v) is 14.4. The minimum atomic E-state index is 0.982. The first kappa shape index (κ1) is 24.3. The summed E-state index contributed by atoms with van der Waals surface area (Å²) in [6.45, 7) is 0. The van der Waals surface area contributed by atoms with Crippen LogP contribution in [0.25, 0.3) is 77.0 Å². The van der Waals surface area contributed by atoms with E-state index in [0.717, 1.165) is 11.3 Å². The fourth-order valence-electron chi connectivity index (χ4n) is 6.31. The van der Waals surface area contributed by atoms with Crippen LogP contribution in [0.4, 0.5) is 0 Å². The fraction of sp³-hybridized carbons (Fsp3) is 0. The van der Waals surface area contributed by atoms with E-state index in [4.69, 9.17) is 4.98 Å². The average molecular weight is 534 g/mol. The van der Waals surface area contributed by atoms with Crippen molar-refractivity contribution in [1.82, 2.24) is 4.98 Å². The van der Waals surface area contributed by atoms with Gasteiger partial charge in [-0.25, -0.2) is 0 Å². The third-order valence-electron chi connectivity index (χ3n) is 8.29. The Kier molecular flexibility index (Phi) is 5.86. The second-order valence-electron chi connectivity index (χ2n) is 10.8. The summed E-state index contributed by atoms with van der Waals surface area (Å²) >= 11 is 0. The molecule has 0 aliphatic carbocycles. The van der Waals surface area contributed by atoms with Gasteiger partial charge in [-0.2, -0.15) is 0 Å². The molecule has 0 fully saturated rings. The zero-order valence-electron chi connectivity index (χ0n) is 23.0. The second kappa shape index (κ2) is 10.1. The lowest BCUT2D eigenvalue weighted by molar-refractivity contribution is 1.33. The number of hydrogen-bond donors (Lipinski definition) is 0. The van der Waals surface area contributed by atoms with Crippen molar-refractivity contribution in [3.05, 3.63) is 164 Å². The van der Waals surface area contributed by atoms with Crippen molar-refractivity contribution in [3.8, 4) is 44.6 Å². The minimum absolute atomic E-state index is 0.982. The molecular weight excluding hydrogens is 506 g/mol. The van der Waals surface area contributed by atoms with Gasteiger partial charge in [-0.1, -0.05) is 133 Å². The molecule has 0 aliphatic rings. The van der Waals surface area contributed by atoms with E-state index in [-0.39, 0.29) is 0 Å². The normalized spacial score (nSPS) is 11.3. The van der Waals surface area contributed by atoms with Crippen molar-refractivity contribution in [2.45, 2.75) is 0 Å². The maximum absolute atomic E-state index is 4.71. The van der Waals surface area contributed by atoms with Gasteiger partial charge in [0, 0.05) is 11.8 Å². The highest BCUT2D eigenvalue weighted by atomic mass is 14.7. The SMILES string of the molecule is c1ccc(-c2ccnc(-c3ccc4cc(-c5c6ccccc6c(-c6ccccc6)c6ccccc56)ccc4c3)c2)cc1. The van der Waals surface area contributed by atoms with Crippen molar-refractivity contribution in [1.29, 1.82) is 0 Å². The molecule has 0 bridgehead atoms. The van der Waals surface area contributed by atoms with Gasteiger partial charge in [0.25, 0.3) is 0 Å². The lowest BCUT2D eigenvalue weighted by Gasteiger charge is -2.18. The van der Waals surface area contributed by atoms with Gasteiger partial charge >= 0.3 is 0 Å². The Labute approximate surface area is 245 Å². The molecular formula is C41H27N. The minimum Gasteiger partial charge on any atom is -0.256 e. The summed E-state index contributed by atoms with van der Waals surface area (Å²) in [6, 6.07) is 56.7. The van der Waals surface area contributed by atoms with E-state index in [9.17, 15) is 0 Å². The van der Waals surface area contributed by atoms with Gasteiger partial charge in [-0.3, -0.25) is 4.98 Å². The van der Waals surface area contributed by atoms with Gasteiger partial charge < -0.3 is 0 Å². The second-order valence-corrected chi connectivity index (χ2v) is 10.8. The van der Waals surface area contributed by atoms with Gasteiger partial charge in [-0.05, 0) is 90.0 Å². The predicted molar refractivity (Wildman–Crippen MR) is 178 cm³/mol. The Morgan fingerprint density at radius 2 is 0.786 bits per heavy atom. The van der Waals surface area contributed by atoms with Gasteiger partial charge in [-0.15, -0.1) is 0 Å². The Balaban J connectivity index is 1.28. The summed E-state index contributed by atoms with van der Waals surface area (Å²) in [6.07, 6.45) is 1.90. The van der Waals surface area contributed by atoms with E-state index in [1.165, 1.54) is 65.7 Å². The van der Waals surface area contributed by atoms with Crippen LogP contribution in [-0.4, -0.2) is 4.98 Å². The topological polar surface area (TPSA) is 12.9 Å². The molecule has 1 aromatic heterocycles. The third kappa shape index (κ3) is 4.15. The first-order valence-electron chi connectivity index (χ1n) is 14.4. The summed E-state index contributed by atoms with van der Waals surface area (Å²) in [5.41, 5.74) is 9.52. The monoisotopic (exact) mass is 533 g/mol. The summed E-state index contributed by atoms with van der Waals surface area (Å²) in [4.78, 5) is 4.71. The van der Waals surface area contributed by atoms with E-state index in [1.54, 1.807) is 0 Å². The lowest BCUT2D eigenvalue weighted by Crippen LogP contribution is -1.91. The van der Waals surface area contributed by atoms with Gasteiger partial charge in [0.15, 0.2) is 0 Å². The molecule has 8 rings (SSSR count). The Bertz CT molecular complexity index is 2170. The molecule has 0 aliphatic heterocycles. The van der Waals surface area contributed by atoms with Crippen molar-refractivity contribution >= 4 is 32.3 Å². The van der Waals surface area contributed by atoms with Gasteiger partial charge in [0.1, 0.15) is 0 Å². The molecule has 42 heavy (non-hydrogen) atoms. The lowest BCUT2D eigenvalue weighted by atomic mass is 9.85. The molecule has 196 valence electrons. The van der Waals surface area contributed by atoms with Crippen LogP contribution in [0.5, 0.6) is 0 Å². The van der Waals surface area contributed by atoms with E-state index >= 15 is 0 Å². The Morgan fingerprint density at radius 1 is 0.310 bits per heavy atom. The van der Waals surface area contributed by atoms with Crippen LogP contribution in [0.3, 0.4) is 0 Å². The maximum atomic E-state index is 4.71. The van der Waals surface area contributed by atoms with Crippen LogP contribution >= 0.6 is 0 Å². The number of rotatable bonds is 4. The number of pyridine rings is 1. The zero-order chi connectivity index (χ0) is 27.9. The fourth-order valence-corrected chi connectivity index (χ4v) is 6.31. The standard InChI is InChI=1S/C41H27N/c1-3-11-28(12-4-1)32-23-24-42-39(27-32)33-21-19-31-26-34(22-20-30(31)25-33)41-37-17-9-7-15-35(37)40(29-13-5-2-6-14-29)36-16-8-10-18-38(36)41/h1-27H. The van der Waals surface area contributed by atoms with Crippen LogP contribution in [0, 0.1) is 0 Å². The Morgan fingerprint density at radius 3 is 1.38 bits per heavy atom. The van der Waals surface area contributed by atoms with E-state index < -0.39 is 0 Å². The molecule has 0 radical (unpaired) electrons. The molecule has 0 atom stereocenters. The van der Waals surface area contributed by atoms with Crippen molar-refractivity contribution < 1.29 is 0 Å².